The summed E-state index contributed by atoms with van der Waals surface area (Å²) >= 11 is 5.42. The van der Waals surface area contributed by atoms with Crippen molar-refractivity contribution in [2.45, 2.75) is 6.42 Å². The summed E-state index contributed by atoms with van der Waals surface area (Å²) < 4.78 is 4.96. The van der Waals surface area contributed by atoms with Gasteiger partial charge in [-0.25, -0.2) is 0 Å². The molecule has 2 nitrogen and oxygen atoms in total. The number of alkyl halides is 1. The lowest BCUT2D eigenvalue weighted by Crippen LogP contribution is -2.07. The lowest BCUT2D eigenvalue weighted by molar-refractivity contribution is -0.141. The maximum Gasteiger partial charge on any atom is 0.310 e. The first kappa shape index (κ1) is 11.8. The Bertz CT molecular complexity index is 320. The highest BCUT2D eigenvalue weighted by Crippen LogP contribution is 2.00. The molecule has 0 saturated carbocycles. The summed E-state index contributed by atoms with van der Waals surface area (Å²) in [5.41, 5.74) is 0.962. The molecule has 0 aliphatic carbocycles. The summed E-state index contributed by atoms with van der Waals surface area (Å²) in [4.78, 5) is 11.3. The van der Waals surface area contributed by atoms with Crippen molar-refractivity contribution in [2.24, 2.45) is 0 Å². The molecular weight excluding hydrogens is 212 g/mol. The summed E-state index contributed by atoms with van der Waals surface area (Å²) in [7, 11) is 0. The van der Waals surface area contributed by atoms with Crippen LogP contribution in [-0.4, -0.2) is 18.5 Å². The van der Waals surface area contributed by atoms with Gasteiger partial charge in [0.25, 0.3) is 0 Å². The van der Waals surface area contributed by atoms with Crippen LogP contribution in [0.25, 0.3) is 0 Å². The lowest BCUT2D eigenvalue weighted by atomic mass is 10.2. The molecule has 0 bridgehead atoms. The molecule has 0 saturated heterocycles. The third kappa shape index (κ3) is 5.23. The first-order chi connectivity index (χ1) is 7.33. The maximum absolute atomic E-state index is 11.3. The van der Waals surface area contributed by atoms with Crippen LogP contribution in [0.3, 0.4) is 0 Å². The highest BCUT2D eigenvalue weighted by Gasteiger charge is 2.02. The zero-order valence-corrected chi connectivity index (χ0v) is 9.11. The van der Waals surface area contributed by atoms with Crippen LogP contribution in [0, 0.1) is 0 Å². The van der Waals surface area contributed by atoms with Crippen LogP contribution in [0.2, 0.25) is 0 Å². The largest absolute Gasteiger partial charge is 0.461 e. The van der Waals surface area contributed by atoms with Gasteiger partial charge in [0.1, 0.15) is 6.61 Å². The number of carbonyl (C=O) groups excluding carboxylic acids is 1. The predicted molar refractivity (Wildman–Crippen MR) is 61.0 cm³/mol. The van der Waals surface area contributed by atoms with Crippen molar-refractivity contribution < 1.29 is 9.53 Å². The molecule has 0 heterocycles. The van der Waals surface area contributed by atoms with Gasteiger partial charge < -0.3 is 4.74 Å². The van der Waals surface area contributed by atoms with Gasteiger partial charge in [0.2, 0.25) is 0 Å². The molecule has 0 spiro atoms. The van der Waals surface area contributed by atoms with E-state index in [2.05, 4.69) is 0 Å². The third-order valence-corrected chi connectivity index (χ3v) is 1.97. The molecule has 0 atom stereocenters. The molecule has 0 amide bonds. The van der Waals surface area contributed by atoms with Crippen LogP contribution in [0.5, 0.6) is 0 Å². The number of ether oxygens (including phenoxy) is 1. The van der Waals surface area contributed by atoms with Crippen LogP contribution >= 0.6 is 11.6 Å². The second-order valence-corrected chi connectivity index (χ2v) is 3.28. The topological polar surface area (TPSA) is 26.3 Å². The Kier molecular flexibility index (Phi) is 5.56. The highest BCUT2D eigenvalue weighted by atomic mass is 35.5. The molecule has 15 heavy (non-hydrogen) atoms. The van der Waals surface area contributed by atoms with Gasteiger partial charge in [-0.1, -0.05) is 42.5 Å². The second kappa shape index (κ2) is 7.07. The number of allylic oxidation sites excluding steroid dienone is 1. The van der Waals surface area contributed by atoms with E-state index in [1.807, 2.05) is 30.3 Å². The average Bonchev–Trinajstić information content (AvgIpc) is 2.26. The first-order valence-electron chi connectivity index (χ1n) is 4.73. The van der Waals surface area contributed by atoms with Crippen molar-refractivity contribution in [2.75, 3.05) is 12.5 Å². The normalized spacial score (nSPS) is 10.5. The molecule has 1 rings (SSSR count). The maximum atomic E-state index is 11.3. The van der Waals surface area contributed by atoms with Gasteiger partial charge in [0.15, 0.2) is 0 Å². The van der Waals surface area contributed by atoms with E-state index in [1.54, 1.807) is 12.2 Å². The van der Waals surface area contributed by atoms with E-state index >= 15 is 0 Å². The van der Waals surface area contributed by atoms with Crippen LogP contribution in [0.15, 0.2) is 42.5 Å². The molecule has 0 N–H and O–H groups in total. The first-order valence-corrected chi connectivity index (χ1v) is 5.27. The molecule has 0 fully saturated rings. The zero-order chi connectivity index (χ0) is 10.9. The molecule has 0 radical (unpaired) electrons. The Morgan fingerprint density at radius 3 is 2.67 bits per heavy atom. The van der Waals surface area contributed by atoms with Gasteiger partial charge >= 0.3 is 5.97 Å². The molecule has 1 aromatic rings. The van der Waals surface area contributed by atoms with E-state index in [0.29, 0.717) is 18.9 Å². The Morgan fingerprint density at radius 1 is 1.27 bits per heavy atom. The number of hydrogen-bond acceptors (Lipinski definition) is 2. The Balaban J connectivity index is 2.28. The number of halogens is 1. The Morgan fingerprint density at radius 2 is 2.00 bits per heavy atom. The molecule has 1 aromatic carbocycles. The fraction of sp³-hybridized carbons (Fsp3) is 0.250. The van der Waals surface area contributed by atoms with Gasteiger partial charge in [-0.05, 0) is 5.56 Å². The summed E-state index contributed by atoms with van der Waals surface area (Å²) in [5, 5.41) is 0. The highest BCUT2D eigenvalue weighted by molar-refractivity contribution is 6.18. The number of hydrogen-bond donors (Lipinski definition) is 0. The summed E-state index contributed by atoms with van der Waals surface area (Å²) in [5.74, 6) is 0.219. The van der Waals surface area contributed by atoms with Crippen molar-refractivity contribution in [1.29, 1.82) is 0 Å². The number of rotatable bonds is 5. The minimum absolute atomic E-state index is 0.222. The molecular formula is C12H13ClO2. The van der Waals surface area contributed by atoms with Crippen molar-refractivity contribution in [1.82, 2.24) is 0 Å². The lowest BCUT2D eigenvalue weighted by Gasteiger charge is -2.01. The van der Waals surface area contributed by atoms with Crippen LogP contribution in [-0.2, 0) is 16.0 Å². The minimum atomic E-state index is -0.222. The van der Waals surface area contributed by atoms with Crippen molar-refractivity contribution in [3.05, 3.63) is 48.0 Å². The van der Waals surface area contributed by atoms with Crippen LogP contribution in [0.4, 0.5) is 0 Å². The molecule has 3 heteroatoms. The van der Waals surface area contributed by atoms with E-state index in [4.69, 9.17) is 16.3 Å². The molecule has 80 valence electrons. The SMILES string of the molecule is O=C(Cc1ccccc1)OCC=CCCl. The molecule has 0 unspecified atom stereocenters. The number of benzene rings is 1. The van der Waals surface area contributed by atoms with Crippen molar-refractivity contribution in [3.63, 3.8) is 0 Å². The van der Waals surface area contributed by atoms with Gasteiger partial charge in [-0.2, -0.15) is 0 Å². The van der Waals surface area contributed by atoms with Crippen LogP contribution < -0.4 is 0 Å². The smallest absolute Gasteiger partial charge is 0.310 e. The van der Waals surface area contributed by atoms with Gasteiger partial charge in [0, 0.05) is 5.88 Å². The zero-order valence-electron chi connectivity index (χ0n) is 8.36. The fourth-order valence-corrected chi connectivity index (χ4v) is 1.21. The average molecular weight is 225 g/mol. The van der Waals surface area contributed by atoms with Crippen molar-refractivity contribution >= 4 is 17.6 Å². The summed E-state index contributed by atoms with van der Waals surface area (Å²) in [6.07, 6.45) is 3.79. The van der Waals surface area contributed by atoms with E-state index in [1.165, 1.54) is 0 Å². The standard InChI is InChI=1S/C12H13ClO2/c13-8-4-5-9-15-12(14)10-11-6-2-1-3-7-11/h1-7H,8-10H2. The van der Waals surface area contributed by atoms with Gasteiger partial charge in [0.05, 0.1) is 6.42 Å². The number of esters is 1. The Hall–Kier alpha value is -1.28. The van der Waals surface area contributed by atoms with E-state index in [0.717, 1.165) is 5.56 Å². The number of carbonyl (C=O) groups is 1. The summed E-state index contributed by atoms with van der Waals surface area (Å²) in [6.45, 7) is 0.290. The van der Waals surface area contributed by atoms with Crippen LogP contribution in [0.1, 0.15) is 5.56 Å². The third-order valence-electron chi connectivity index (χ3n) is 1.79. The molecule has 0 aromatic heterocycles. The van der Waals surface area contributed by atoms with Gasteiger partial charge in [-0.15, -0.1) is 11.6 Å². The molecule has 0 aliphatic rings. The fourth-order valence-electron chi connectivity index (χ4n) is 1.09. The second-order valence-electron chi connectivity index (χ2n) is 2.97. The minimum Gasteiger partial charge on any atom is -0.461 e. The van der Waals surface area contributed by atoms with Gasteiger partial charge in [-0.3, -0.25) is 4.79 Å². The molecule has 0 aliphatic heterocycles. The van der Waals surface area contributed by atoms with Crippen molar-refractivity contribution in [3.8, 4) is 0 Å². The summed E-state index contributed by atoms with van der Waals surface area (Å²) in [6, 6.07) is 9.51. The Labute approximate surface area is 94.5 Å². The quantitative estimate of drug-likeness (QED) is 0.437. The van der Waals surface area contributed by atoms with E-state index < -0.39 is 0 Å². The monoisotopic (exact) mass is 224 g/mol. The van der Waals surface area contributed by atoms with E-state index in [-0.39, 0.29) is 5.97 Å². The van der Waals surface area contributed by atoms with E-state index in [9.17, 15) is 4.79 Å². The predicted octanol–water partition coefficient (Wildman–Crippen LogP) is 2.57.